The van der Waals surface area contributed by atoms with E-state index in [0.717, 1.165) is 48.4 Å². The Bertz CT molecular complexity index is 1150. The third-order valence-corrected chi connectivity index (χ3v) is 7.53. The van der Waals surface area contributed by atoms with Crippen molar-refractivity contribution in [3.63, 3.8) is 0 Å². The monoisotopic (exact) mass is 503 g/mol. The molecule has 2 amide bonds. The Morgan fingerprint density at radius 3 is 2.05 bits per heavy atom. The van der Waals surface area contributed by atoms with Crippen molar-refractivity contribution in [1.29, 1.82) is 0 Å². The van der Waals surface area contributed by atoms with E-state index in [1.807, 2.05) is 93.8 Å². The molecule has 2 aliphatic heterocycles. The minimum absolute atomic E-state index is 0.0227. The Hall–Kier alpha value is -3.12. The number of hydrogen-bond donors (Lipinski definition) is 1. The van der Waals surface area contributed by atoms with Crippen LogP contribution in [0.1, 0.15) is 86.2 Å². The number of rotatable bonds is 7. The zero-order valence-electron chi connectivity index (χ0n) is 23.1. The van der Waals surface area contributed by atoms with Gasteiger partial charge in [0.25, 0.3) is 11.8 Å². The molecule has 0 aliphatic carbocycles. The molecule has 0 aromatic heterocycles. The highest BCUT2D eigenvalue weighted by Gasteiger charge is 2.37. The Labute approximate surface area is 221 Å². The van der Waals surface area contributed by atoms with Crippen LogP contribution in [0.25, 0.3) is 5.57 Å². The van der Waals surface area contributed by atoms with Gasteiger partial charge in [0.05, 0.1) is 0 Å². The van der Waals surface area contributed by atoms with Gasteiger partial charge in [0, 0.05) is 54.7 Å². The molecule has 2 heterocycles. The summed E-state index contributed by atoms with van der Waals surface area (Å²) in [6.07, 6.45) is 4.00. The molecule has 0 saturated carbocycles. The molecule has 6 heteroatoms. The van der Waals surface area contributed by atoms with Gasteiger partial charge in [0.15, 0.2) is 0 Å². The number of nitrogens with one attached hydrogen (secondary N) is 1. The van der Waals surface area contributed by atoms with Crippen molar-refractivity contribution in [3.05, 3.63) is 70.8 Å². The second-order valence-corrected chi connectivity index (χ2v) is 10.6. The molecule has 2 aromatic rings. The fourth-order valence-electron chi connectivity index (χ4n) is 5.59. The Balaban J connectivity index is 1.76. The Kier molecular flexibility index (Phi) is 8.08. The fourth-order valence-corrected chi connectivity index (χ4v) is 5.59. The van der Waals surface area contributed by atoms with E-state index < -0.39 is 0 Å². The molecule has 37 heavy (non-hydrogen) atoms. The molecule has 6 nitrogen and oxygen atoms in total. The van der Waals surface area contributed by atoms with Crippen LogP contribution in [0.4, 0.5) is 0 Å². The van der Waals surface area contributed by atoms with Crippen molar-refractivity contribution >= 4 is 17.4 Å². The number of ether oxygens (including phenoxy) is 1. The summed E-state index contributed by atoms with van der Waals surface area (Å²) in [5.74, 6) is 0.873. The van der Waals surface area contributed by atoms with Crippen molar-refractivity contribution in [1.82, 2.24) is 15.1 Å². The largest absolute Gasteiger partial charge is 0.482 e. The third kappa shape index (κ3) is 5.45. The van der Waals surface area contributed by atoms with Gasteiger partial charge in [-0.3, -0.25) is 9.59 Å². The van der Waals surface area contributed by atoms with Crippen LogP contribution < -0.4 is 10.1 Å². The van der Waals surface area contributed by atoms with Gasteiger partial charge < -0.3 is 19.9 Å². The first-order valence-corrected chi connectivity index (χ1v) is 13.7. The summed E-state index contributed by atoms with van der Waals surface area (Å²) in [7, 11) is 0. The summed E-state index contributed by atoms with van der Waals surface area (Å²) in [5, 5.41) is 3.43. The van der Waals surface area contributed by atoms with Crippen LogP contribution in [0.15, 0.2) is 48.5 Å². The molecule has 0 unspecified atom stereocenters. The highest BCUT2D eigenvalue weighted by molar-refractivity contribution is 5.98. The number of hydrogen-bond acceptors (Lipinski definition) is 4. The smallest absolute Gasteiger partial charge is 0.254 e. The SMILES string of the molecule is CCN(CC)C(=O)c1ccc(C2=CC3(CCNCC3)Oc3ccc(C(=O)N(C(C)C)C(C)C)cc32)cc1. The molecule has 2 aromatic carbocycles. The molecular formula is C31H41N3O3. The van der Waals surface area contributed by atoms with Crippen LogP contribution in [0.3, 0.4) is 0 Å². The number of benzene rings is 2. The molecule has 1 fully saturated rings. The Morgan fingerprint density at radius 2 is 1.49 bits per heavy atom. The van der Waals surface area contributed by atoms with Gasteiger partial charge in [0.1, 0.15) is 11.4 Å². The maximum Gasteiger partial charge on any atom is 0.254 e. The molecule has 0 atom stereocenters. The first-order chi connectivity index (χ1) is 17.7. The highest BCUT2D eigenvalue weighted by atomic mass is 16.5. The predicted molar refractivity (Wildman–Crippen MR) is 149 cm³/mol. The number of carbonyl (C=O) groups excluding carboxylic acids is 2. The zero-order chi connectivity index (χ0) is 26.7. The van der Waals surface area contributed by atoms with Crippen molar-refractivity contribution in [2.24, 2.45) is 0 Å². The minimum Gasteiger partial charge on any atom is -0.482 e. The normalized spacial score (nSPS) is 16.3. The van der Waals surface area contributed by atoms with E-state index in [1.54, 1.807) is 0 Å². The van der Waals surface area contributed by atoms with Gasteiger partial charge >= 0.3 is 0 Å². The molecule has 4 rings (SSSR count). The van der Waals surface area contributed by atoms with Gasteiger partial charge in [-0.05, 0) is 102 Å². The lowest BCUT2D eigenvalue weighted by Gasteiger charge is -2.40. The van der Waals surface area contributed by atoms with Gasteiger partial charge in [-0.25, -0.2) is 0 Å². The molecule has 198 valence electrons. The van der Waals surface area contributed by atoms with Gasteiger partial charge in [-0.2, -0.15) is 0 Å². The van der Waals surface area contributed by atoms with Crippen LogP contribution in [-0.4, -0.2) is 65.5 Å². The van der Waals surface area contributed by atoms with Crippen LogP contribution in [0.5, 0.6) is 5.75 Å². The predicted octanol–water partition coefficient (Wildman–Crippen LogP) is 5.37. The van der Waals surface area contributed by atoms with E-state index in [0.29, 0.717) is 24.2 Å². The van der Waals surface area contributed by atoms with E-state index in [2.05, 4.69) is 11.4 Å². The number of carbonyl (C=O) groups is 2. The number of nitrogens with zero attached hydrogens (tertiary/aromatic N) is 2. The first kappa shape index (κ1) is 26.9. The van der Waals surface area contributed by atoms with Crippen molar-refractivity contribution in [3.8, 4) is 5.75 Å². The second-order valence-electron chi connectivity index (χ2n) is 10.6. The maximum absolute atomic E-state index is 13.5. The second kappa shape index (κ2) is 11.1. The fraction of sp³-hybridized carbons (Fsp3) is 0.484. The summed E-state index contributed by atoms with van der Waals surface area (Å²) in [4.78, 5) is 30.1. The lowest BCUT2D eigenvalue weighted by molar-refractivity contribution is 0.0642. The average Bonchev–Trinajstić information content (AvgIpc) is 2.88. The van der Waals surface area contributed by atoms with Crippen LogP contribution in [-0.2, 0) is 0 Å². The van der Waals surface area contributed by atoms with Crippen LogP contribution in [0, 0.1) is 0 Å². The lowest BCUT2D eigenvalue weighted by atomic mass is 9.83. The van der Waals surface area contributed by atoms with Crippen molar-refractivity contribution < 1.29 is 14.3 Å². The summed E-state index contributed by atoms with van der Waals surface area (Å²) < 4.78 is 6.62. The van der Waals surface area contributed by atoms with Crippen molar-refractivity contribution in [2.75, 3.05) is 26.2 Å². The summed E-state index contributed by atoms with van der Waals surface area (Å²) in [6, 6.07) is 13.9. The third-order valence-electron chi connectivity index (χ3n) is 7.53. The van der Waals surface area contributed by atoms with E-state index in [4.69, 9.17) is 4.74 Å². The molecular weight excluding hydrogens is 462 g/mol. The highest BCUT2D eigenvalue weighted by Crippen LogP contribution is 2.43. The molecule has 1 N–H and O–H groups in total. The van der Waals surface area contributed by atoms with Gasteiger partial charge in [-0.1, -0.05) is 12.1 Å². The minimum atomic E-state index is -0.378. The topological polar surface area (TPSA) is 61.9 Å². The zero-order valence-corrected chi connectivity index (χ0v) is 23.1. The van der Waals surface area contributed by atoms with Crippen LogP contribution >= 0.6 is 0 Å². The summed E-state index contributed by atoms with van der Waals surface area (Å²) in [6.45, 7) is 15.3. The quantitative estimate of drug-likeness (QED) is 0.552. The molecule has 0 radical (unpaired) electrons. The van der Waals surface area contributed by atoms with Gasteiger partial charge in [0.2, 0.25) is 0 Å². The maximum atomic E-state index is 13.5. The number of piperidine rings is 1. The molecule has 0 bridgehead atoms. The van der Waals surface area contributed by atoms with E-state index >= 15 is 0 Å². The summed E-state index contributed by atoms with van der Waals surface area (Å²) >= 11 is 0. The van der Waals surface area contributed by atoms with E-state index in [9.17, 15) is 9.59 Å². The first-order valence-electron chi connectivity index (χ1n) is 13.7. The van der Waals surface area contributed by atoms with Gasteiger partial charge in [-0.15, -0.1) is 0 Å². The molecule has 1 spiro atoms. The average molecular weight is 504 g/mol. The van der Waals surface area contributed by atoms with Crippen molar-refractivity contribution in [2.45, 2.75) is 72.1 Å². The molecule has 2 aliphatic rings. The number of fused-ring (bicyclic) bond motifs is 1. The number of amides is 2. The molecule has 1 saturated heterocycles. The standard InChI is InChI=1S/C31H41N3O3/c1-7-33(8-2)29(35)24-11-9-23(10-12-24)27-20-31(15-17-32-18-16-31)37-28-14-13-25(19-26(27)28)30(36)34(21(3)4)22(5)6/h9-14,19-22,32H,7-8,15-18H2,1-6H3. The lowest BCUT2D eigenvalue weighted by Crippen LogP contribution is -2.46. The van der Waals surface area contributed by atoms with Crippen LogP contribution in [0.2, 0.25) is 0 Å². The Morgan fingerprint density at radius 1 is 0.892 bits per heavy atom. The van der Waals surface area contributed by atoms with E-state index in [-0.39, 0.29) is 29.5 Å². The summed E-state index contributed by atoms with van der Waals surface area (Å²) in [5.41, 5.74) is 3.96. The van der Waals surface area contributed by atoms with E-state index in [1.165, 1.54) is 0 Å².